The molecule has 4 heteroatoms. The molecule has 0 fully saturated rings. The molecule has 1 rings (SSSR count). The van der Waals surface area contributed by atoms with E-state index in [1.807, 2.05) is 17.8 Å². The summed E-state index contributed by atoms with van der Waals surface area (Å²) in [5.74, 6) is 0.284. The van der Waals surface area contributed by atoms with E-state index >= 15 is 0 Å². The Balaban J connectivity index is 2.36. The van der Waals surface area contributed by atoms with Gasteiger partial charge in [-0.1, -0.05) is 12.1 Å². The van der Waals surface area contributed by atoms with E-state index in [9.17, 15) is 4.79 Å². The number of carboxylic acids is 1. The molecule has 0 aliphatic carbocycles. The molecule has 0 heterocycles. The second kappa shape index (κ2) is 7.30. The van der Waals surface area contributed by atoms with Crippen molar-refractivity contribution in [1.29, 1.82) is 0 Å². The number of carboxylic acid groups (broad SMARTS) is 1. The third-order valence-corrected chi connectivity index (χ3v) is 2.90. The van der Waals surface area contributed by atoms with E-state index in [1.165, 1.54) is 0 Å². The molecule has 0 aliphatic heterocycles. The van der Waals surface area contributed by atoms with Crippen molar-refractivity contribution < 1.29 is 9.90 Å². The first-order valence-corrected chi connectivity index (χ1v) is 6.65. The van der Waals surface area contributed by atoms with Gasteiger partial charge in [0.1, 0.15) is 0 Å². The minimum absolute atomic E-state index is 0.350. The van der Waals surface area contributed by atoms with Crippen LogP contribution < -0.4 is 5.32 Å². The molecule has 0 saturated carbocycles. The van der Waals surface area contributed by atoms with Gasteiger partial charge in [-0.15, -0.1) is 0 Å². The highest BCUT2D eigenvalue weighted by molar-refractivity contribution is 7.98. The maximum Gasteiger partial charge on any atom is 0.335 e. The summed E-state index contributed by atoms with van der Waals surface area (Å²) in [4.78, 5) is 10.7. The Bertz CT molecular complexity index is 342. The smallest absolute Gasteiger partial charge is 0.335 e. The summed E-state index contributed by atoms with van der Waals surface area (Å²) in [7, 11) is 0. The molecule has 0 aliphatic rings. The van der Waals surface area contributed by atoms with Gasteiger partial charge in [-0.25, -0.2) is 4.79 Å². The predicted octanol–water partition coefficient (Wildman–Crippen LogP) is 2.23. The topological polar surface area (TPSA) is 49.3 Å². The summed E-state index contributed by atoms with van der Waals surface area (Å²) < 4.78 is 0. The monoisotopic (exact) mass is 239 g/mol. The summed E-state index contributed by atoms with van der Waals surface area (Å²) in [6, 6.07) is 7.04. The second-order valence-electron chi connectivity index (χ2n) is 3.53. The molecule has 1 aromatic carbocycles. The Morgan fingerprint density at radius 3 is 3.00 bits per heavy atom. The van der Waals surface area contributed by atoms with Crippen LogP contribution in [-0.2, 0) is 6.54 Å². The van der Waals surface area contributed by atoms with E-state index < -0.39 is 5.97 Å². The zero-order chi connectivity index (χ0) is 11.8. The molecule has 2 N–H and O–H groups in total. The van der Waals surface area contributed by atoms with Gasteiger partial charge in [-0.05, 0) is 42.7 Å². The first kappa shape index (κ1) is 13.1. The van der Waals surface area contributed by atoms with Crippen LogP contribution in [0.2, 0.25) is 0 Å². The van der Waals surface area contributed by atoms with Gasteiger partial charge in [0.2, 0.25) is 0 Å². The van der Waals surface area contributed by atoms with Crippen LogP contribution in [0.4, 0.5) is 0 Å². The third kappa shape index (κ3) is 4.68. The van der Waals surface area contributed by atoms with Gasteiger partial charge in [-0.2, -0.15) is 11.8 Å². The maximum absolute atomic E-state index is 10.7. The van der Waals surface area contributed by atoms with Gasteiger partial charge in [0.15, 0.2) is 0 Å². The van der Waals surface area contributed by atoms with Crippen molar-refractivity contribution in [2.45, 2.75) is 13.0 Å². The van der Waals surface area contributed by atoms with Gasteiger partial charge in [0.25, 0.3) is 0 Å². The lowest BCUT2D eigenvalue weighted by Crippen LogP contribution is -2.15. The summed E-state index contributed by atoms with van der Waals surface area (Å²) >= 11 is 1.84. The molecule has 0 saturated heterocycles. The van der Waals surface area contributed by atoms with Gasteiger partial charge in [-0.3, -0.25) is 0 Å². The molecule has 0 spiro atoms. The highest BCUT2D eigenvalue weighted by atomic mass is 32.2. The Kier molecular flexibility index (Phi) is 5.96. The van der Waals surface area contributed by atoms with Crippen LogP contribution in [0.25, 0.3) is 0 Å². The fraction of sp³-hybridized carbons (Fsp3) is 0.417. The molecule has 88 valence electrons. The van der Waals surface area contributed by atoms with E-state index in [-0.39, 0.29) is 0 Å². The number of thioether (sulfide) groups is 1. The van der Waals surface area contributed by atoms with Crippen LogP contribution in [0.15, 0.2) is 24.3 Å². The highest BCUT2D eigenvalue weighted by Crippen LogP contribution is 2.05. The number of aromatic carboxylic acids is 1. The molecule has 3 nitrogen and oxygen atoms in total. The Labute approximate surface area is 100 Å². The number of hydrogen-bond donors (Lipinski definition) is 2. The van der Waals surface area contributed by atoms with Gasteiger partial charge >= 0.3 is 5.97 Å². The van der Waals surface area contributed by atoms with Crippen molar-refractivity contribution >= 4 is 17.7 Å². The average Bonchev–Trinajstić information content (AvgIpc) is 2.29. The minimum atomic E-state index is -0.871. The average molecular weight is 239 g/mol. The molecule has 0 aromatic heterocycles. The van der Waals surface area contributed by atoms with E-state index in [1.54, 1.807) is 18.2 Å². The number of carbonyl (C=O) groups is 1. The third-order valence-electron chi connectivity index (χ3n) is 2.21. The predicted molar refractivity (Wildman–Crippen MR) is 68.1 cm³/mol. The van der Waals surface area contributed by atoms with Crippen molar-refractivity contribution in [2.24, 2.45) is 0 Å². The lowest BCUT2D eigenvalue weighted by molar-refractivity contribution is 0.0697. The molecular weight excluding hydrogens is 222 g/mol. The van der Waals surface area contributed by atoms with Crippen molar-refractivity contribution in [2.75, 3.05) is 18.6 Å². The number of nitrogens with one attached hydrogen (secondary N) is 1. The standard InChI is InChI=1S/C12H17NO2S/c1-16-7-3-6-13-9-10-4-2-5-11(8-10)12(14)15/h2,4-5,8,13H,3,6-7,9H2,1H3,(H,14,15). The zero-order valence-corrected chi connectivity index (χ0v) is 10.2. The lowest BCUT2D eigenvalue weighted by Gasteiger charge is -2.05. The lowest BCUT2D eigenvalue weighted by atomic mass is 10.1. The summed E-state index contributed by atoms with van der Waals surface area (Å²) in [6.07, 6.45) is 3.23. The minimum Gasteiger partial charge on any atom is -0.478 e. The molecule has 16 heavy (non-hydrogen) atoms. The fourth-order valence-corrected chi connectivity index (χ4v) is 1.82. The Hall–Kier alpha value is -1.00. The second-order valence-corrected chi connectivity index (χ2v) is 4.51. The van der Waals surface area contributed by atoms with Crippen LogP contribution in [0.3, 0.4) is 0 Å². The molecular formula is C12H17NO2S. The summed E-state index contributed by atoms with van der Waals surface area (Å²) in [5.41, 5.74) is 1.37. The zero-order valence-electron chi connectivity index (χ0n) is 9.40. The van der Waals surface area contributed by atoms with Crippen molar-refractivity contribution in [3.63, 3.8) is 0 Å². The number of rotatable bonds is 7. The molecule has 0 radical (unpaired) electrons. The van der Waals surface area contributed by atoms with Gasteiger partial charge in [0.05, 0.1) is 5.56 Å². The molecule has 0 atom stereocenters. The van der Waals surface area contributed by atoms with Crippen LogP contribution >= 0.6 is 11.8 Å². The fourth-order valence-electron chi connectivity index (χ4n) is 1.39. The van der Waals surface area contributed by atoms with Gasteiger partial charge in [0, 0.05) is 6.54 Å². The van der Waals surface area contributed by atoms with Crippen molar-refractivity contribution in [3.05, 3.63) is 35.4 Å². The first-order valence-electron chi connectivity index (χ1n) is 5.26. The SMILES string of the molecule is CSCCCNCc1cccc(C(=O)O)c1. The summed E-state index contributed by atoms with van der Waals surface area (Å²) in [5, 5.41) is 12.1. The van der Waals surface area contributed by atoms with Gasteiger partial charge < -0.3 is 10.4 Å². The van der Waals surface area contributed by atoms with Crippen LogP contribution in [0.1, 0.15) is 22.3 Å². The number of benzene rings is 1. The Morgan fingerprint density at radius 2 is 2.31 bits per heavy atom. The molecule has 0 unspecified atom stereocenters. The largest absolute Gasteiger partial charge is 0.478 e. The Morgan fingerprint density at radius 1 is 1.50 bits per heavy atom. The van der Waals surface area contributed by atoms with Crippen LogP contribution in [-0.4, -0.2) is 29.6 Å². The maximum atomic E-state index is 10.7. The number of hydrogen-bond acceptors (Lipinski definition) is 3. The van der Waals surface area contributed by atoms with E-state index in [0.717, 1.165) is 30.8 Å². The normalized spacial score (nSPS) is 10.3. The van der Waals surface area contributed by atoms with E-state index in [0.29, 0.717) is 5.56 Å². The summed E-state index contributed by atoms with van der Waals surface area (Å²) in [6.45, 7) is 1.70. The molecule has 1 aromatic rings. The van der Waals surface area contributed by atoms with Crippen LogP contribution in [0.5, 0.6) is 0 Å². The molecule has 0 bridgehead atoms. The highest BCUT2D eigenvalue weighted by Gasteiger charge is 2.02. The quantitative estimate of drug-likeness (QED) is 0.716. The van der Waals surface area contributed by atoms with Crippen LogP contribution in [0, 0.1) is 0 Å². The van der Waals surface area contributed by atoms with E-state index in [4.69, 9.17) is 5.11 Å². The van der Waals surface area contributed by atoms with Crippen molar-refractivity contribution in [3.8, 4) is 0 Å². The first-order chi connectivity index (χ1) is 7.74. The van der Waals surface area contributed by atoms with Crippen molar-refractivity contribution in [1.82, 2.24) is 5.32 Å². The van der Waals surface area contributed by atoms with E-state index in [2.05, 4.69) is 11.6 Å². The molecule has 0 amide bonds.